The lowest BCUT2D eigenvalue weighted by atomic mass is 10.1. The first kappa shape index (κ1) is 12.1. The second-order valence-electron chi connectivity index (χ2n) is 4.51. The van der Waals surface area contributed by atoms with Crippen molar-refractivity contribution in [2.45, 2.75) is 31.3 Å². The Bertz CT molecular complexity index is 336. The maximum Gasteiger partial charge on any atom is 0.122 e. The predicted octanol–water partition coefficient (Wildman–Crippen LogP) is 3.00. The molecule has 0 aliphatic heterocycles. The number of nitrogens with one attached hydrogen (secondary N) is 1. The van der Waals surface area contributed by atoms with Gasteiger partial charge in [0.15, 0.2) is 0 Å². The monoisotopic (exact) mass is 222 g/mol. The highest BCUT2D eigenvalue weighted by Gasteiger charge is 2.10. The van der Waals surface area contributed by atoms with E-state index in [4.69, 9.17) is 11.1 Å². The summed E-state index contributed by atoms with van der Waals surface area (Å²) >= 11 is 1.92. The highest BCUT2D eigenvalue weighted by atomic mass is 32.2. The van der Waals surface area contributed by atoms with Crippen LogP contribution in [0.2, 0.25) is 0 Å². The molecule has 0 heterocycles. The van der Waals surface area contributed by atoms with Crippen molar-refractivity contribution in [3.8, 4) is 0 Å². The van der Waals surface area contributed by atoms with Crippen molar-refractivity contribution in [1.82, 2.24) is 0 Å². The zero-order valence-corrected chi connectivity index (χ0v) is 10.3. The molecule has 1 rings (SSSR count). The van der Waals surface area contributed by atoms with Gasteiger partial charge in [-0.3, -0.25) is 5.41 Å². The molecule has 1 aromatic carbocycles. The maximum absolute atomic E-state index is 7.28. The summed E-state index contributed by atoms with van der Waals surface area (Å²) < 4.78 is 0.291. The quantitative estimate of drug-likeness (QED) is 0.610. The Morgan fingerprint density at radius 3 is 2.20 bits per heavy atom. The van der Waals surface area contributed by atoms with E-state index in [1.807, 2.05) is 36.0 Å². The smallest absolute Gasteiger partial charge is 0.122 e. The van der Waals surface area contributed by atoms with E-state index in [0.29, 0.717) is 4.75 Å². The van der Waals surface area contributed by atoms with Gasteiger partial charge in [0.25, 0.3) is 0 Å². The first-order chi connectivity index (χ1) is 6.88. The number of hydrogen-bond acceptors (Lipinski definition) is 2. The summed E-state index contributed by atoms with van der Waals surface area (Å²) in [5, 5.41) is 7.28. The molecule has 1 aromatic rings. The first-order valence-electron chi connectivity index (χ1n) is 4.96. The van der Waals surface area contributed by atoms with Gasteiger partial charge in [-0.05, 0) is 5.56 Å². The molecule has 0 unspecified atom stereocenters. The maximum atomic E-state index is 7.28. The van der Waals surface area contributed by atoms with E-state index < -0.39 is 0 Å². The molecule has 0 aromatic heterocycles. The van der Waals surface area contributed by atoms with Crippen LogP contribution in [0.1, 0.15) is 31.9 Å². The summed E-state index contributed by atoms with van der Waals surface area (Å²) in [7, 11) is 0. The largest absolute Gasteiger partial charge is 0.384 e. The predicted molar refractivity (Wildman–Crippen MR) is 68.5 cm³/mol. The molecule has 0 aliphatic carbocycles. The minimum atomic E-state index is 0.130. The van der Waals surface area contributed by atoms with Crippen LogP contribution in [0, 0.1) is 5.41 Å². The van der Waals surface area contributed by atoms with Crippen molar-refractivity contribution < 1.29 is 0 Å². The van der Waals surface area contributed by atoms with Gasteiger partial charge in [-0.25, -0.2) is 0 Å². The van der Waals surface area contributed by atoms with Crippen LogP contribution < -0.4 is 5.73 Å². The molecule has 0 atom stereocenters. The number of amidine groups is 1. The van der Waals surface area contributed by atoms with Gasteiger partial charge in [0.2, 0.25) is 0 Å². The molecular formula is C12H18N2S. The van der Waals surface area contributed by atoms with Gasteiger partial charge in [0.1, 0.15) is 5.84 Å². The summed E-state index contributed by atoms with van der Waals surface area (Å²) in [5.41, 5.74) is 7.45. The first-order valence-corrected chi connectivity index (χ1v) is 5.94. The molecular weight excluding hydrogens is 204 g/mol. The molecule has 82 valence electrons. The molecule has 0 radical (unpaired) electrons. The summed E-state index contributed by atoms with van der Waals surface area (Å²) in [6.07, 6.45) is 0. The topological polar surface area (TPSA) is 49.9 Å². The zero-order valence-electron chi connectivity index (χ0n) is 9.50. The summed E-state index contributed by atoms with van der Waals surface area (Å²) in [6.45, 7) is 6.63. The Kier molecular flexibility index (Phi) is 3.80. The lowest BCUT2D eigenvalue weighted by Crippen LogP contribution is -2.11. The molecule has 0 amide bonds. The lowest BCUT2D eigenvalue weighted by Gasteiger charge is -2.17. The van der Waals surface area contributed by atoms with Gasteiger partial charge in [-0.1, -0.05) is 45.0 Å². The van der Waals surface area contributed by atoms with Crippen molar-refractivity contribution in [3.05, 3.63) is 35.4 Å². The molecule has 0 saturated carbocycles. The van der Waals surface area contributed by atoms with Crippen molar-refractivity contribution in [1.29, 1.82) is 5.41 Å². The Morgan fingerprint density at radius 1 is 1.27 bits per heavy atom. The minimum Gasteiger partial charge on any atom is -0.384 e. The molecule has 0 bridgehead atoms. The van der Waals surface area contributed by atoms with Crippen LogP contribution in [-0.4, -0.2) is 10.6 Å². The Morgan fingerprint density at radius 2 is 1.80 bits per heavy atom. The number of nitrogen functional groups attached to an aromatic ring is 1. The summed E-state index contributed by atoms with van der Waals surface area (Å²) in [4.78, 5) is 0. The van der Waals surface area contributed by atoms with Gasteiger partial charge in [-0.15, -0.1) is 0 Å². The van der Waals surface area contributed by atoms with Gasteiger partial charge >= 0.3 is 0 Å². The van der Waals surface area contributed by atoms with Crippen molar-refractivity contribution in [2.24, 2.45) is 5.73 Å². The molecule has 3 N–H and O–H groups in total. The molecule has 0 fully saturated rings. The number of thioether (sulfide) groups is 1. The summed E-state index contributed by atoms with van der Waals surface area (Å²) in [5.74, 6) is 1.13. The fourth-order valence-electron chi connectivity index (χ4n) is 1.08. The lowest BCUT2D eigenvalue weighted by molar-refractivity contribution is 0.802. The molecule has 15 heavy (non-hydrogen) atoms. The van der Waals surface area contributed by atoms with Crippen LogP contribution in [0.4, 0.5) is 0 Å². The second kappa shape index (κ2) is 4.71. The van der Waals surface area contributed by atoms with E-state index in [1.54, 1.807) is 0 Å². The van der Waals surface area contributed by atoms with Crippen LogP contribution in [0.5, 0.6) is 0 Å². The number of hydrogen-bond donors (Lipinski definition) is 2. The van der Waals surface area contributed by atoms with Crippen LogP contribution in [0.15, 0.2) is 24.3 Å². The van der Waals surface area contributed by atoms with Crippen molar-refractivity contribution in [3.63, 3.8) is 0 Å². The number of nitrogens with two attached hydrogens (primary N) is 1. The van der Waals surface area contributed by atoms with E-state index in [0.717, 1.165) is 11.3 Å². The van der Waals surface area contributed by atoms with Crippen LogP contribution in [-0.2, 0) is 5.75 Å². The highest BCUT2D eigenvalue weighted by Crippen LogP contribution is 2.27. The fourth-order valence-corrected chi connectivity index (χ4v) is 1.87. The number of benzene rings is 1. The van der Waals surface area contributed by atoms with Gasteiger partial charge in [-0.2, -0.15) is 11.8 Å². The van der Waals surface area contributed by atoms with E-state index in [2.05, 4.69) is 20.8 Å². The third kappa shape index (κ3) is 4.38. The van der Waals surface area contributed by atoms with Crippen LogP contribution >= 0.6 is 11.8 Å². The molecule has 3 heteroatoms. The molecule has 0 aliphatic rings. The van der Waals surface area contributed by atoms with E-state index in [1.165, 1.54) is 5.56 Å². The SMILES string of the molecule is CC(C)(C)SCc1ccc(C(=N)N)cc1. The highest BCUT2D eigenvalue weighted by molar-refractivity contribution is 7.99. The number of rotatable bonds is 3. The molecule has 0 saturated heterocycles. The third-order valence-electron chi connectivity index (χ3n) is 1.94. The van der Waals surface area contributed by atoms with Crippen LogP contribution in [0.25, 0.3) is 0 Å². The fraction of sp³-hybridized carbons (Fsp3) is 0.417. The standard InChI is InChI=1S/C12H18N2S/c1-12(2,3)15-8-9-4-6-10(7-5-9)11(13)14/h4-7H,8H2,1-3H3,(H3,13,14). The average molecular weight is 222 g/mol. The zero-order chi connectivity index (χ0) is 11.5. The van der Waals surface area contributed by atoms with Crippen molar-refractivity contribution >= 4 is 17.6 Å². The van der Waals surface area contributed by atoms with Gasteiger partial charge in [0.05, 0.1) is 0 Å². The van der Waals surface area contributed by atoms with Crippen LogP contribution in [0.3, 0.4) is 0 Å². The van der Waals surface area contributed by atoms with E-state index >= 15 is 0 Å². The Hall–Kier alpha value is -0.960. The summed E-state index contributed by atoms with van der Waals surface area (Å²) in [6, 6.07) is 7.88. The average Bonchev–Trinajstić information content (AvgIpc) is 2.14. The Balaban J connectivity index is 2.61. The third-order valence-corrected chi connectivity index (χ3v) is 3.28. The molecule has 0 spiro atoms. The van der Waals surface area contributed by atoms with Crippen molar-refractivity contribution in [2.75, 3.05) is 0 Å². The normalized spacial score (nSPS) is 11.4. The molecule has 2 nitrogen and oxygen atoms in total. The van der Waals surface area contributed by atoms with E-state index in [-0.39, 0.29) is 5.84 Å². The van der Waals surface area contributed by atoms with Gasteiger partial charge < -0.3 is 5.73 Å². The van der Waals surface area contributed by atoms with Gasteiger partial charge in [0, 0.05) is 16.1 Å². The van der Waals surface area contributed by atoms with E-state index in [9.17, 15) is 0 Å². The second-order valence-corrected chi connectivity index (χ2v) is 6.31. The minimum absolute atomic E-state index is 0.130. The Labute approximate surface area is 95.8 Å².